The summed E-state index contributed by atoms with van der Waals surface area (Å²) in [7, 11) is 1.78. The Morgan fingerprint density at radius 1 is 1.47 bits per heavy atom. The van der Waals surface area contributed by atoms with Gasteiger partial charge in [0.05, 0.1) is 0 Å². The molecule has 4 heteroatoms. The molecule has 1 aromatic rings. The number of hydrogen-bond donors (Lipinski definition) is 1. The number of nitrogens with zero attached hydrogens (tertiary/aromatic N) is 1. The summed E-state index contributed by atoms with van der Waals surface area (Å²) >= 11 is 3.41. The number of hydrogen-bond acceptors (Lipinski definition) is 2. The summed E-state index contributed by atoms with van der Waals surface area (Å²) in [4.78, 5) is 13.7. The smallest absolute Gasteiger partial charge is 0.228 e. The molecule has 3 nitrogen and oxygen atoms in total. The fraction of sp³-hybridized carbons (Fsp3) is 0.462. The molecule has 1 aromatic carbocycles. The Bertz CT molecular complexity index is 424. The van der Waals surface area contributed by atoms with Gasteiger partial charge in [-0.3, -0.25) is 4.79 Å². The van der Waals surface area contributed by atoms with Crippen molar-refractivity contribution in [3.8, 4) is 0 Å². The van der Waals surface area contributed by atoms with Crippen molar-refractivity contribution in [2.45, 2.75) is 32.7 Å². The molecule has 0 saturated heterocycles. The fourth-order valence-corrected chi connectivity index (χ4v) is 1.94. The van der Waals surface area contributed by atoms with Gasteiger partial charge in [-0.25, -0.2) is 0 Å². The third-order valence-corrected chi connectivity index (χ3v) is 3.01. The lowest BCUT2D eigenvalue weighted by molar-refractivity contribution is -0.119. The van der Waals surface area contributed by atoms with Crippen LogP contribution in [0.25, 0.3) is 0 Å². The second-order valence-corrected chi connectivity index (χ2v) is 5.96. The Labute approximate surface area is 111 Å². The molecular weight excluding hydrogens is 280 g/mol. The number of anilines is 1. The molecule has 17 heavy (non-hydrogen) atoms. The van der Waals surface area contributed by atoms with Gasteiger partial charge in [-0.15, -0.1) is 0 Å². The van der Waals surface area contributed by atoms with Crippen LogP contribution in [0, 0.1) is 6.92 Å². The lowest BCUT2D eigenvalue weighted by Crippen LogP contribution is -2.40. The van der Waals surface area contributed by atoms with Crippen LogP contribution in [-0.2, 0) is 4.79 Å². The van der Waals surface area contributed by atoms with E-state index in [1.807, 2.05) is 39.0 Å². The summed E-state index contributed by atoms with van der Waals surface area (Å²) in [6.45, 7) is 5.69. The first-order chi connectivity index (χ1) is 7.70. The first-order valence-corrected chi connectivity index (χ1v) is 6.31. The summed E-state index contributed by atoms with van der Waals surface area (Å²) in [5.41, 5.74) is 7.36. The molecule has 0 aliphatic carbocycles. The summed E-state index contributed by atoms with van der Waals surface area (Å²) in [5.74, 6) is 0.0266. The number of carbonyl (C=O) groups excluding carboxylic acids is 1. The minimum absolute atomic E-state index is 0.0266. The summed E-state index contributed by atoms with van der Waals surface area (Å²) in [6, 6.07) is 5.89. The lowest BCUT2D eigenvalue weighted by atomic mass is 10.0. The van der Waals surface area contributed by atoms with Gasteiger partial charge in [0.25, 0.3) is 0 Å². The minimum atomic E-state index is -0.481. The second kappa shape index (κ2) is 5.19. The maximum absolute atomic E-state index is 12.1. The molecule has 0 heterocycles. The van der Waals surface area contributed by atoms with Crippen LogP contribution in [0.5, 0.6) is 0 Å². The highest BCUT2D eigenvalue weighted by molar-refractivity contribution is 9.10. The maximum atomic E-state index is 12.1. The van der Waals surface area contributed by atoms with Crippen molar-refractivity contribution in [1.29, 1.82) is 0 Å². The van der Waals surface area contributed by atoms with Crippen LogP contribution in [0.4, 0.5) is 5.69 Å². The molecule has 94 valence electrons. The monoisotopic (exact) mass is 298 g/mol. The zero-order valence-electron chi connectivity index (χ0n) is 10.7. The van der Waals surface area contributed by atoms with Crippen molar-refractivity contribution in [2.24, 2.45) is 5.73 Å². The van der Waals surface area contributed by atoms with Crippen molar-refractivity contribution < 1.29 is 4.79 Å². The van der Waals surface area contributed by atoms with Gasteiger partial charge in [-0.2, -0.15) is 0 Å². The molecule has 0 spiro atoms. The number of nitrogens with two attached hydrogens (primary N) is 1. The molecule has 0 aliphatic heterocycles. The molecule has 0 unspecified atom stereocenters. The Morgan fingerprint density at radius 2 is 2.06 bits per heavy atom. The average molecular weight is 299 g/mol. The van der Waals surface area contributed by atoms with E-state index in [0.29, 0.717) is 6.42 Å². The third-order valence-electron chi connectivity index (χ3n) is 2.51. The van der Waals surface area contributed by atoms with E-state index in [4.69, 9.17) is 5.73 Å². The van der Waals surface area contributed by atoms with E-state index >= 15 is 0 Å². The SMILES string of the molecule is Cc1ccc(Br)cc1N(C)C(=O)CC(C)(C)N. The molecule has 0 bridgehead atoms. The Morgan fingerprint density at radius 3 is 2.59 bits per heavy atom. The number of rotatable bonds is 3. The number of halogens is 1. The van der Waals surface area contributed by atoms with Gasteiger partial charge in [0.1, 0.15) is 0 Å². The van der Waals surface area contributed by atoms with Gasteiger partial charge in [0, 0.05) is 29.2 Å². The molecule has 1 rings (SSSR count). The standard InChI is InChI=1S/C13H19BrN2O/c1-9-5-6-10(14)7-11(9)16(4)12(17)8-13(2,3)15/h5-7H,8,15H2,1-4H3. The van der Waals surface area contributed by atoms with E-state index in [2.05, 4.69) is 15.9 Å². The van der Waals surface area contributed by atoms with Crippen LogP contribution in [0.1, 0.15) is 25.8 Å². The highest BCUT2D eigenvalue weighted by atomic mass is 79.9. The van der Waals surface area contributed by atoms with E-state index in [1.165, 1.54) is 0 Å². The highest BCUT2D eigenvalue weighted by Gasteiger charge is 2.21. The van der Waals surface area contributed by atoms with Gasteiger partial charge in [-0.1, -0.05) is 22.0 Å². The maximum Gasteiger partial charge on any atom is 0.228 e. The van der Waals surface area contributed by atoms with Crippen molar-refractivity contribution in [1.82, 2.24) is 0 Å². The zero-order valence-corrected chi connectivity index (χ0v) is 12.3. The number of carbonyl (C=O) groups is 1. The minimum Gasteiger partial charge on any atom is -0.325 e. The number of aryl methyl sites for hydroxylation is 1. The molecule has 2 N–H and O–H groups in total. The molecular formula is C13H19BrN2O. The Balaban J connectivity index is 2.92. The first kappa shape index (κ1) is 14.2. The van der Waals surface area contributed by atoms with Crippen molar-refractivity contribution >= 4 is 27.5 Å². The van der Waals surface area contributed by atoms with E-state index in [1.54, 1.807) is 11.9 Å². The predicted molar refractivity (Wildman–Crippen MR) is 75.2 cm³/mol. The van der Waals surface area contributed by atoms with E-state index < -0.39 is 5.54 Å². The summed E-state index contributed by atoms with van der Waals surface area (Å²) < 4.78 is 0.963. The Hall–Kier alpha value is -0.870. The summed E-state index contributed by atoms with van der Waals surface area (Å²) in [6.07, 6.45) is 0.329. The van der Waals surface area contributed by atoms with Gasteiger partial charge in [-0.05, 0) is 38.5 Å². The highest BCUT2D eigenvalue weighted by Crippen LogP contribution is 2.24. The molecule has 0 aromatic heterocycles. The third kappa shape index (κ3) is 4.13. The first-order valence-electron chi connectivity index (χ1n) is 5.52. The van der Waals surface area contributed by atoms with Crippen LogP contribution >= 0.6 is 15.9 Å². The van der Waals surface area contributed by atoms with Crippen LogP contribution in [0.2, 0.25) is 0 Å². The number of benzene rings is 1. The number of amides is 1. The molecule has 1 amide bonds. The molecule has 0 saturated carbocycles. The predicted octanol–water partition coefficient (Wildman–Crippen LogP) is 2.85. The van der Waals surface area contributed by atoms with Crippen LogP contribution in [-0.4, -0.2) is 18.5 Å². The quantitative estimate of drug-likeness (QED) is 0.933. The average Bonchev–Trinajstić information content (AvgIpc) is 2.18. The van der Waals surface area contributed by atoms with Crippen molar-refractivity contribution in [3.63, 3.8) is 0 Å². The van der Waals surface area contributed by atoms with Gasteiger partial charge in [0.2, 0.25) is 5.91 Å². The van der Waals surface area contributed by atoms with E-state index in [-0.39, 0.29) is 5.91 Å². The van der Waals surface area contributed by atoms with Gasteiger partial charge >= 0.3 is 0 Å². The van der Waals surface area contributed by atoms with Crippen LogP contribution in [0.3, 0.4) is 0 Å². The largest absolute Gasteiger partial charge is 0.325 e. The molecule has 0 fully saturated rings. The Kier molecular flexibility index (Phi) is 4.33. The molecule has 0 radical (unpaired) electrons. The van der Waals surface area contributed by atoms with Gasteiger partial charge < -0.3 is 10.6 Å². The topological polar surface area (TPSA) is 46.3 Å². The lowest BCUT2D eigenvalue weighted by Gasteiger charge is -2.24. The van der Waals surface area contributed by atoms with E-state index in [9.17, 15) is 4.79 Å². The van der Waals surface area contributed by atoms with Crippen molar-refractivity contribution in [3.05, 3.63) is 28.2 Å². The fourth-order valence-electron chi connectivity index (χ4n) is 1.59. The van der Waals surface area contributed by atoms with Gasteiger partial charge in [0.15, 0.2) is 0 Å². The molecule has 0 atom stereocenters. The van der Waals surface area contributed by atoms with E-state index in [0.717, 1.165) is 15.7 Å². The zero-order chi connectivity index (χ0) is 13.2. The van der Waals surface area contributed by atoms with Crippen LogP contribution in [0.15, 0.2) is 22.7 Å². The van der Waals surface area contributed by atoms with Crippen LogP contribution < -0.4 is 10.6 Å². The summed E-state index contributed by atoms with van der Waals surface area (Å²) in [5, 5.41) is 0. The second-order valence-electron chi connectivity index (χ2n) is 5.05. The molecule has 0 aliphatic rings. The van der Waals surface area contributed by atoms with Crippen molar-refractivity contribution in [2.75, 3.05) is 11.9 Å². The normalized spacial score (nSPS) is 11.4.